The maximum absolute atomic E-state index is 12.8. The molecule has 0 bridgehead atoms. The van der Waals surface area contributed by atoms with E-state index in [1.54, 1.807) is 31.5 Å². The van der Waals surface area contributed by atoms with Gasteiger partial charge in [0.2, 0.25) is 0 Å². The van der Waals surface area contributed by atoms with Crippen molar-refractivity contribution in [2.45, 2.75) is 38.3 Å². The number of rotatable bonds is 7. The zero-order valence-corrected chi connectivity index (χ0v) is 17.3. The van der Waals surface area contributed by atoms with Gasteiger partial charge in [0, 0.05) is 6.20 Å². The molecule has 3 aromatic rings. The van der Waals surface area contributed by atoms with Gasteiger partial charge in [-0.2, -0.15) is 5.10 Å². The van der Waals surface area contributed by atoms with Crippen LogP contribution in [-0.4, -0.2) is 34.9 Å². The van der Waals surface area contributed by atoms with Gasteiger partial charge in [0.1, 0.15) is 0 Å². The molecule has 1 aliphatic carbocycles. The summed E-state index contributed by atoms with van der Waals surface area (Å²) in [6, 6.07) is 13.5. The topological polar surface area (TPSA) is 78.3 Å². The fourth-order valence-electron chi connectivity index (χ4n) is 4.00. The van der Waals surface area contributed by atoms with Crippen molar-refractivity contribution in [1.82, 2.24) is 20.1 Å². The highest BCUT2D eigenvalue weighted by atomic mass is 16.5. The smallest absolute Gasteiger partial charge is 0.255 e. The van der Waals surface area contributed by atoms with Crippen LogP contribution >= 0.6 is 0 Å². The number of methoxy groups -OCH3 is 2. The number of hydrogen-bond acceptors (Lipinski definition) is 5. The van der Waals surface area contributed by atoms with E-state index < -0.39 is 0 Å². The molecular formula is C23H26N4O3. The normalized spacial score (nSPS) is 13.9. The van der Waals surface area contributed by atoms with Crippen molar-refractivity contribution in [3.05, 3.63) is 59.9 Å². The minimum atomic E-state index is -0.236. The van der Waals surface area contributed by atoms with E-state index in [0.29, 0.717) is 29.6 Å². The van der Waals surface area contributed by atoms with Gasteiger partial charge in [0.05, 0.1) is 49.5 Å². The van der Waals surface area contributed by atoms with Crippen LogP contribution in [0.4, 0.5) is 0 Å². The molecule has 1 amide bonds. The lowest BCUT2D eigenvalue weighted by molar-refractivity contribution is 0.0946. The molecule has 0 atom stereocenters. The van der Waals surface area contributed by atoms with E-state index in [9.17, 15) is 4.79 Å². The monoisotopic (exact) mass is 406 g/mol. The first-order valence-corrected chi connectivity index (χ1v) is 10.2. The Balaban J connectivity index is 1.56. The van der Waals surface area contributed by atoms with Crippen molar-refractivity contribution in [3.8, 4) is 22.9 Å². The Morgan fingerprint density at radius 3 is 2.67 bits per heavy atom. The number of benzene rings is 1. The summed E-state index contributed by atoms with van der Waals surface area (Å²) < 4.78 is 12.7. The van der Waals surface area contributed by atoms with Crippen LogP contribution in [0, 0.1) is 0 Å². The molecular weight excluding hydrogens is 380 g/mol. The van der Waals surface area contributed by atoms with Crippen molar-refractivity contribution in [1.29, 1.82) is 0 Å². The number of ether oxygens (including phenoxy) is 2. The zero-order chi connectivity index (χ0) is 20.9. The van der Waals surface area contributed by atoms with Crippen molar-refractivity contribution in [2.75, 3.05) is 14.2 Å². The number of carbonyl (C=O) groups is 1. The largest absolute Gasteiger partial charge is 0.493 e. The Bertz CT molecular complexity index is 1010. The van der Waals surface area contributed by atoms with Gasteiger partial charge in [-0.25, -0.2) is 0 Å². The van der Waals surface area contributed by atoms with Gasteiger partial charge in [0.15, 0.2) is 11.5 Å². The third-order valence-corrected chi connectivity index (χ3v) is 5.46. The second kappa shape index (κ2) is 8.98. The van der Waals surface area contributed by atoms with Crippen LogP contribution in [0.25, 0.3) is 11.4 Å². The molecule has 156 valence electrons. The minimum Gasteiger partial charge on any atom is -0.493 e. The molecule has 7 heteroatoms. The molecule has 7 nitrogen and oxygen atoms in total. The van der Waals surface area contributed by atoms with E-state index in [-0.39, 0.29) is 5.91 Å². The van der Waals surface area contributed by atoms with Crippen molar-refractivity contribution in [2.24, 2.45) is 0 Å². The number of amides is 1. The standard InChI is InChI=1S/C23H26N4O3/c1-29-21-12-7-10-18(22(21)30-2)23(28)25-15-16-14-20(19-11-5-6-13-24-19)27(26-16)17-8-3-4-9-17/h5-7,10-14,17H,3-4,8-9,15H2,1-2H3,(H,25,28). The van der Waals surface area contributed by atoms with Gasteiger partial charge in [0.25, 0.3) is 5.91 Å². The van der Waals surface area contributed by atoms with Crippen molar-refractivity contribution in [3.63, 3.8) is 0 Å². The molecule has 2 heterocycles. The third-order valence-electron chi connectivity index (χ3n) is 5.46. The highest BCUT2D eigenvalue weighted by Crippen LogP contribution is 2.33. The molecule has 1 aliphatic rings. The molecule has 1 aromatic carbocycles. The lowest BCUT2D eigenvalue weighted by Crippen LogP contribution is -2.24. The molecule has 1 fully saturated rings. The molecule has 4 rings (SSSR count). The van der Waals surface area contributed by atoms with Gasteiger partial charge in [-0.15, -0.1) is 0 Å². The summed E-state index contributed by atoms with van der Waals surface area (Å²) in [5.41, 5.74) is 3.12. The number of hydrogen-bond donors (Lipinski definition) is 1. The van der Waals surface area contributed by atoms with E-state index in [2.05, 4.69) is 15.0 Å². The number of carbonyl (C=O) groups excluding carboxylic acids is 1. The van der Waals surface area contributed by atoms with Gasteiger partial charge in [-0.05, 0) is 43.2 Å². The van der Waals surface area contributed by atoms with Crippen molar-refractivity contribution >= 4 is 5.91 Å². The SMILES string of the molecule is COc1cccc(C(=O)NCc2cc(-c3ccccn3)n(C3CCCC3)n2)c1OC. The minimum absolute atomic E-state index is 0.236. The molecule has 0 radical (unpaired) electrons. The molecule has 0 aliphatic heterocycles. The molecule has 1 N–H and O–H groups in total. The predicted octanol–water partition coefficient (Wildman–Crippen LogP) is 4.01. The Morgan fingerprint density at radius 2 is 1.97 bits per heavy atom. The van der Waals surface area contributed by atoms with Crippen LogP contribution in [0.2, 0.25) is 0 Å². The van der Waals surface area contributed by atoms with Crippen LogP contribution in [0.5, 0.6) is 11.5 Å². The quantitative estimate of drug-likeness (QED) is 0.641. The molecule has 2 aromatic heterocycles. The van der Waals surface area contributed by atoms with Crippen LogP contribution in [0.1, 0.15) is 47.8 Å². The van der Waals surface area contributed by atoms with Gasteiger partial charge in [-0.1, -0.05) is 25.0 Å². The fraction of sp³-hybridized carbons (Fsp3) is 0.348. The van der Waals surface area contributed by atoms with Crippen molar-refractivity contribution < 1.29 is 14.3 Å². The third kappa shape index (κ3) is 4.01. The van der Waals surface area contributed by atoms with Crippen LogP contribution in [0.15, 0.2) is 48.7 Å². The first kappa shape index (κ1) is 19.9. The Labute approximate surface area is 176 Å². The average molecular weight is 406 g/mol. The number of para-hydroxylation sites is 1. The van der Waals surface area contributed by atoms with Crippen LogP contribution < -0.4 is 14.8 Å². The summed E-state index contributed by atoms with van der Waals surface area (Å²) in [6.45, 7) is 0.318. The molecule has 30 heavy (non-hydrogen) atoms. The zero-order valence-electron chi connectivity index (χ0n) is 17.3. The predicted molar refractivity (Wildman–Crippen MR) is 114 cm³/mol. The Kier molecular flexibility index (Phi) is 5.97. The highest BCUT2D eigenvalue weighted by molar-refractivity contribution is 5.97. The second-order valence-corrected chi connectivity index (χ2v) is 7.34. The maximum atomic E-state index is 12.8. The lowest BCUT2D eigenvalue weighted by Gasteiger charge is -2.13. The number of pyridine rings is 1. The first-order valence-electron chi connectivity index (χ1n) is 10.2. The summed E-state index contributed by atoms with van der Waals surface area (Å²) in [5.74, 6) is 0.705. The lowest BCUT2D eigenvalue weighted by atomic mass is 10.1. The maximum Gasteiger partial charge on any atom is 0.255 e. The second-order valence-electron chi connectivity index (χ2n) is 7.34. The molecule has 1 saturated carbocycles. The van der Waals surface area contributed by atoms with Crippen LogP contribution in [-0.2, 0) is 6.54 Å². The summed E-state index contributed by atoms with van der Waals surface area (Å²) in [6.07, 6.45) is 6.46. The van der Waals surface area contributed by atoms with Gasteiger partial charge < -0.3 is 14.8 Å². The van der Waals surface area contributed by atoms with E-state index >= 15 is 0 Å². The summed E-state index contributed by atoms with van der Waals surface area (Å²) in [7, 11) is 3.07. The summed E-state index contributed by atoms with van der Waals surface area (Å²) in [5, 5.41) is 7.77. The average Bonchev–Trinajstić information content (AvgIpc) is 3.47. The van der Waals surface area contributed by atoms with E-state index in [4.69, 9.17) is 14.6 Å². The van der Waals surface area contributed by atoms with Gasteiger partial charge in [-0.3, -0.25) is 14.5 Å². The first-order chi connectivity index (χ1) is 14.7. The number of nitrogens with one attached hydrogen (secondary N) is 1. The summed E-state index contributed by atoms with van der Waals surface area (Å²) in [4.78, 5) is 17.3. The molecule has 0 spiro atoms. The summed E-state index contributed by atoms with van der Waals surface area (Å²) >= 11 is 0. The van der Waals surface area contributed by atoms with Gasteiger partial charge >= 0.3 is 0 Å². The number of nitrogens with zero attached hydrogens (tertiary/aromatic N) is 3. The molecule has 0 saturated heterocycles. The Hall–Kier alpha value is -3.35. The fourth-order valence-corrected chi connectivity index (χ4v) is 4.00. The highest BCUT2D eigenvalue weighted by Gasteiger charge is 2.23. The van der Waals surface area contributed by atoms with E-state index in [0.717, 1.165) is 29.9 Å². The number of aromatic nitrogens is 3. The molecule has 0 unspecified atom stereocenters. The van der Waals surface area contributed by atoms with E-state index in [1.165, 1.54) is 20.0 Å². The van der Waals surface area contributed by atoms with E-state index in [1.807, 2.05) is 24.3 Å². The van der Waals surface area contributed by atoms with Crippen LogP contribution in [0.3, 0.4) is 0 Å². The Morgan fingerprint density at radius 1 is 1.13 bits per heavy atom.